The molecule has 0 bridgehead atoms. The third-order valence-corrected chi connectivity index (χ3v) is 5.85. The van der Waals surface area contributed by atoms with Crippen LogP contribution in [0.3, 0.4) is 0 Å². The van der Waals surface area contributed by atoms with E-state index in [1.165, 1.54) is 21.9 Å². The zero-order chi connectivity index (χ0) is 19.1. The average Bonchev–Trinajstić information content (AvgIpc) is 2.73. The molecule has 28 heavy (non-hydrogen) atoms. The average molecular weight is 370 g/mol. The maximum atomic E-state index is 12.4. The second kappa shape index (κ2) is 6.83. The predicted molar refractivity (Wildman–Crippen MR) is 112 cm³/mol. The highest BCUT2D eigenvalue weighted by atomic mass is 16.5. The van der Waals surface area contributed by atoms with Crippen LogP contribution in [0.4, 0.5) is 0 Å². The monoisotopic (exact) mass is 370 g/mol. The maximum absolute atomic E-state index is 12.4. The molecule has 0 amide bonds. The van der Waals surface area contributed by atoms with E-state index in [9.17, 15) is 4.79 Å². The standard InChI is InChI=1S/C25H22O3/c1-16-10-11-17-6-2-3-7-19(17)23(16)15-27-18-12-13-21-20-8-4-5-9-22(20)25(26)28-24(21)14-18/h2-3,6-7,10-14H,4-5,8-9,15H2,1H3. The number of rotatable bonds is 3. The van der Waals surface area contributed by atoms with Crippen molar-refractivity contribution in [1.82, 2.24) is 0 Å². The molecule has 1 aliphatic carbocycles. The molecule has 3 heteroatoms. The second-order valence-corrected chi connectivity index (χ2v) is 7.58. The van der Waals surface area contributed by atoms with Crippen LogP contribution in [0.2, 0.25) is 0 Å². The van der Waals surface area contributed by atoms with Crippen LogP contribution in [0.5, 0.6) is 5.75 Å². The first kappa shape index (κ1) is 17.1. The van der Waals surface area contributed by atoms with Crippen LogP contribution in [0.1, 0.15) is 35.1 Å². The fourth-order valence-corrected chi connectivity index (χ4v) is 4.31. The third kappa shape index (κ3) is 2.88. The summed E-state index contributed by atoms with van der Waals surface area (Å²) in [5.41, 5.74) is 4.85. The first-order valence-electron chi connectivity index (χ1n) is 9.89. The van der Waals surface area contributed by atoms with E-state index in [4.69, 9.17) is 9.15 Å². The number of hydrogen-bond donors (Lipinski definition) is 0. The van der Waals surface area contributed by atoms with Gasteiger partial charge in [-0.2, -0.15) is 0 Å². The summed E-state index contributed by atoms with van der Waals surface area (Å²) in [5.74, 6) is 0.721. The molecule has 0 unspecified atom stereocenters. The van der Waals surface area contributed by atoms with Gasteiger partial charge in [0.15, 0.2) is 0 Å². The van der Waals surface area contributed by atoms with Gasteiger partial charge in [0.05, 0.1) is 0 Å². The number of fused-ring (bicyclic) bond motifs is 4. The van der Waals surface area contributed by atoms with Crippen molar-refractivity contribution < 1.29 is 9.15 Å². The molecule has 4 aromatic rings. The van der Waals surface area contributed by atoms with Gasteiger partial charge in [0, 0.05) is 22.6 Å². The van der Waals surface area contributed by atoms with Crippen LogP contribution < -0.4 is 10.4 Å². The summed E-state index contributed by atoms with van der Waals surface area (Å²) in [4.78, 5) is 12.4. The molecule has 1 aromatic heterocycles. The first-order valence-corrected chi connectivity index (χ1v) is 9.89. The van der Waals surface area contributed by atoms with E-state index in [1.54, 1.807) is 0 Å². The molecule has 0 saturated heterocycles. The van der Waals surface area contributed by atoms with Crippen molar-refractivity contribution in [3.63, 3.8) is 0 Å². The van der Waals surface area contributed by atoms with E-state index < -0.39 is 0 Å². The van der Waals surface area contributed by atoms with E-state index in [0.29, 0.717) is 12.2 Å². The number of ether oxygens (including phenoxy) is 1. The van der Waals surface area contributed by atoms with Crippen molar-refractivity contribution in [2.45, 2.75) is 39.2 Å². The first-order chi connectivity index (χ1) is 13.7. The van der Waals surface area contributed by atoms with Crippen LogP contribution in [0, 0.1) is 6.92 Å². The molecule has 5 rings (SSSR count). The van der Waals surface area contributed by atoms with Crippen LogP contribution in [0.15, 0.2) is 63.8 Å². The van der Waals surface area contributed by atoms with Crippen LogP contribution >= 0.6 is 0 Å². The molecule has 0 spiro atoms. The molecule has 0 atom stereocenters. The van der Waals surface area contributed by atoms with Gasteiger partial charge < -0.3 is 9.15 Å². The largest absolute Gasteiger partial charge is 0.489 e. The smallest absolute Gasteiger partial charge is 0.339 e. The minimum atomic E-state index is -0.191. The highest BCUT2D eigenvalue weighted by Crippen LogP contribution is 2.30. The normalized spacial score (nSPS) is 13.6. The van der Waals surface area contributed by atoms with Gasteiger partial charge in [0.2, 0.25) is 0 Å². The lowest BCUT2D eigenvalue weighted by Crippen LogP contribution is -2.15. The van der Waals surface area contributed by atoms with E-state index in [1.807, 2.05) is 24.3 Å². The Morgan fingerprint density at radius 2 is 1.75 bits per heavy atom. The number of hydrogen-bond acceptors (Lipinski definition) is 3. The molecule has 3 nitrogen and oxygen atoms in total. The molecular formula is C25H22O3. The Hall–Kier alpha value is -3.07. The quantitative estimate of drug-likeness (QED) is 0.434. The van der Waals surface area contributed by atoms with Crippen molar-refractivity contribution in [2.24, 2.45) is 0 Å². The molecule has 140 valence electrons. The van der Waals surface area contributed by atoms with E-state index in [2.05, 4.69) is 37.3 Å². The maximum Gasteiger partial charge on any atom is 0.339 e. The Balaban J connectivity index is 1.50. The van der Waals surface area contributed by atoms with Gasteiger partial charge in [-0.25, -0.2) is 4.79 Å². The van der Waals surface area contributed by atoms with E-state index >= 15 is 0 Å². The Kier molecular flexibility index (Phi) is 4.16. The lowest BCUT2D eigenvalue weighted by atomic mass is 9.91. The molecule has 0 fully saturated rings. The number of aryl methyl sites for hydroxylation is 2. The third-order valence-electron chi connectivity index (χ3n) is 5.85. The topological polar surface area (TPSA) is 39.4 Å². The summed E-state index contributed by atoms with van der Waals surface area (Å²) in [7, 11) is 0. The lowest BCUT2D eigenvalue weighted by molar-refractivity contribution is 0.307. The van der Waals surface area contributed by atoms with Gasteiger partial charge in [-0.15, -0.1) is 0 Å². The van der Waals surface area contributed by atoms with Crippen LogP contribution in [0.25, 0.3) is 21.7 Å². The van der Waals surface area contributed by atoms with Gasteiger partial charge in [-0.05, 0) is 66.6 Å². The summed E-state index contributed by atoms with van der Waals surface area (Å²) in [6.07, 6.45) is 3.97. The highest BCUT2D eigenvalue weighted by Gasteiger charge is 2.18. The predicted octanol–water partition coefficient (Wildman–Crippen LogP) is 5.71. The molecule has 3 aromatic carbocycles. The van der Waals surface area contributed by atoms with Gasteiger partial charge in [-0.3, -0.25) is 0 Å². The van der Waals surface area contributed by atoms with Crippen LogP contribution in [-0.4, -0.2) is 0 Å². The molecular weight excluding hydrogens is 348 g/mol. The Bertz CT molecular complexity index is 1250. The van der Waals surface area contributed by atoms with Crippen LogP contribution in [-0.2, 0) is 19.4 Å². The van der Waals surface area contributed by atoms with Crippen molar-refractivity contribution in [3.05, 3.63) is 87.3 Å². The summed E-state index contributed by atoms with van der Waals surface area (Å²) in [6, 6.07) is 18.5. The fraction of sp³-hybridized carbons (Fsp3) is 0.240. The fourth-order valence-electron chi connectivity index (χ4n) is 4.31. The SMILES string of the molecule is Cc1ccc2ccccc2c1COc1ccc2c3c(c(=O)oc2c1)CCCC3. The summed E-state index contributed by atoms with van der Waals surface area (Å²) in [6.45, 7) is 2.59. The molecule has 0 aliphatic heterocycles. The van der Waals surface area contributed by atoms with Gasteiger partial charge >= 0.3 is 5.63 Å². The summed E-state index contributed by atoms with van der Waals surface area (Å²) in [5, 5.41) is 3.47. The van der Waals surface area contributed by atoms with Gasteiger partial charge in [-0.1, -0.05) is 36.4 Å². The highest BCUT2D eigenvalue weighted by molar-refractivity contribution is 5.86. The Morgan fingerprint density at radius 3 is 2.64 bits per heavy atom. The van der Waals surface area contributed by atoms with Gasteiger partial charge in [0.25, 0.3) is 0 Å². The molecule has 0 saturated carbocycles. The molecule has 1 heterocycles. The molecule has 0 radical (unpaired) electrons. The summed E-state index contributed by atoms with van der Waals surface area (Å²) < 4.78 is 11.7. The van der Waals surface area contributed by atoms with Crippen molar-refractivity contribution in [1.29, 1.82) is 0 Å². The zero-order valence-electron chi connectivity index (χ0n) is 16.0. The minimum absolute atomic E-state index is 0.191. The Labute approximate surface area is 163 Å². The molecule has 0 N–H and O–H groups in total. The minimum Gasteiger partial charge on any atom is -0.489 e. The van der Waals surface area contributed by atoms with E-state index in [0.717, 1.165) is 47.9 Å². The van der Waals surface area contributed by atoms with Crippen molar-refractivity contribution in [2.75, 3.05) is 0 Å². The number of benzene rings is 3. The lowest BCUT2D eigenvalue weighted by Gasteiger charge is -2.16. The van der Waals surface area contributed by atoms with Gasteiger partial charge in [0.1, 0.15) is 17.9 Å². The van der Waals surface area contributed by atoms with Crippen molar-refractivity contribution >= 4 is 21.7 Å². The van der Waals surface area contributed by atoms with Crippen molar-refractivity contribution in [3.8, 4) is 5.75 Å². The molecule has 1 aliphatic rings. The second-order valence-electron chi connectivity index (χ2n) is 7.58. The zero-order valence-corrected chi connectivity index (χ0v) is 16.0. The van der Waals surface area contributed by atoms with E-state index in [-0.39, 0.29) is 5.63 Å². The Morgan fingerprint density at radius 1 is 0.929 bits per heavy atom. The summed E-state index contributed by atoms with van der Waals surface area (Å²) >= 11 is 0.